The third-order valence-corrected chi connectivity index (χ3v) is 3.39. The van der Waals surface area contributed by atoms with Gasteiger partial charge in [0.05, 0.1) is 12.2 Å². The molecule has 1 amide bonds. The Bertz CT molecular complexity index is 710. The first kappa shape index (κ1) is 17.8. The van der Waals surface area contributed by atoms with Crippen molar-refractivity contribution in [2.75, 3.05) is 10.6 Å². The summed E-state index contributed by atoms with van der Waals surface area (Å²) in [5, 5.41) is 6.02. The number of hydrogen-bond donors (Lipinski definition) is 2. The van der Waals surface area contributed by atoms with E-state index in [1.54, 1.807) is 0 Å². The molecule has 2 rings (SSSR count). The molecule has 0 atom stereocenters. The minimum atomic E-state index is -0.531. The molecule has 130 valence electrons. The van der Waals surface area contributed by atoms with Gasteiger partial charge >= 0.3 is 6.09 Å². The normalized spacial score (nSPS) is 11.2. The molecule has 1 aromatic heterocycles. The highest BCUT2D eigenvalue weighted by Gasteiger charge is 2.16. The number of carbonyl (C=O) groups excluding carboxylic acids is 1. The lowest BCUT2D eigenvalue weighted by Gasteiger charge is -2.20. The summed E-state index contributed by atoms with van der Waals surface area (Å²) in [6.07, 6.45) is -0.476. The second kappa shape index (κ2) is 6.95. The third kappa shape index (κ3) is 5.01. The van der Waals surface area contributed by atoms with Crippen LogP contribution in [0.25, 0.3) is 0 Å². The van der Waals surface area contributed by atoms with Crippen LogP contribution in [0.3, 0.4) is 0 Å². The van der Waals surface area contributed by atoms with Gasteiger partial charge in [-0.3, -0.25) is 5.32 Å². The highest BCUT2D eigenvalue weighted by atomic mass is 16.6. The molecule has 0 fully saturated rings. The van der Waals surface area contributed by atoms with E-state index in [-0.39, 0.29) is 0 Å². The molecule has 24 heavy (non-hydrogen) atoms. The summed E-state index contributed by atoms with van der Waals surface area (Å²) in [6.45, 7) is 11.8. The molecule has 0 spiro atoms. The molecule has 0 aliphatic carbocycles. The lowest BCUT2D eigenvalue weighted by Crippen LogP contribution is -2.27. The molecule has 6 nitrogen and oxygen atoms in total. The Morgan fingerprint density at radius 1 is 1.25 bits per heavy atom. The SMILES string of the molecule is Cc1ccc(NC(=O)OC(C)(C)C)cc1NCc1nc(C)c(C)o1. The minimum Gasteiger partial charge on any atom is -0.444 e. The summed E-state index contributed by atoms with van der Waals surface area (Å²) >= 11 is 0. The smallest absolute Gasteiger partial charge is 0.412 e. The standard InChI is InChI=1S/C18H25N3O3/c1-11-7-8-14(21-17(22)24-18(4,5)6)9-15(11)19-10-16-20-12(2)13(3)23-16/h7-9,19H,10H2,1-6H3,(H,21,22). The summed E-state index contributed by atoms with van der Waals surface area (Å²) in [7, 11) is 0. The van der Waals surface area contributed by atoms with Gasteiger partial charge in [-0.1, -0.05) is 6.07 Å². The van der Waals surface area contributed by atoms with E-state index >= 15 is 0 Å². The molecular weight excluding hydrogens is 306 g/mol. The number of nitrogens with one attached hydrogen (secondary N) is 2. The van der Waals surface area contributed by atoms with Gasteiger partial charge < -0.3 is 14.5 Å². The lowest BCUT2D eigenvalue weighted by atomic mass is 10.2. The topological polar surface area (TPSA) is 76.4 Å². The molecule has 1 heterocycles. The van der Waals surface area contributed by atoms with Crippen LogP contribution in [0.2, 0.25) is 0 Å². The molecule has 0 saturated heterocycles. The fraction of sp³-hybridized carbons (Fsp3) is 0.444. The maximum absolute atomic E-state index is 11.9. The van der Waals surface area contributed by atoms with Crippen molar-refractivity contribution < 1.29 is 13.9 Å². The Morgan fingerprint density at radius 2 is 1.96 bits per heavy atom. The zero-order valence-electron chi connectivity index (χ0n) is 15.1. The molecule has 0 saturated carbocycles. The van der Waals surface area contributed by atoms with Gasteiger partial charge in [-0.15, -0.1) is 0 Å². The van der Waals surface area contributed by atoms with Crippen molar-refractivity contribution >= 4 is 17.5 Å². The van der Waals surface area contributed by atoms with Crippen LogP contribution in [-0.2, 0) is 11.3 Å². The number of hydrogen-bond acceptors (Lipinski definition) is 5. The molecular formula is C18H25N3O3. The van der Waals surface area contributed by atoms with Gasteiger partial charge in [-0.2, -0.15) is 0 Å². The number of benzene rings is 1. The Labute approximate surface area is 142 Å². The van der Waals surface area contributed by atoms with E-state index in [9.17, 15) is 4.79 Å². The summed E-state index contributed by atoms with van der Waals surface area (Å²) in [6, 6.07) is 5.63. The highest BCUT2D eigenvalue weighted by Crippen LogP contribution is 2.22. The molecule has 0 aliphatic rings. The van der Waals surface area contributed by atoms with Crippen LogP contribution in [-0.4, -0.2) is 16.7 Å². The molecule has 0 radical (unpaired) electrons. The van der Waals surface area contributed by atoms with Crippen molar-refractivity contribution in [2.45, 2.75) is 53.7 Å². The van der Waals surface area contributed by atoms with Crippen LogP contribution in [0.15, 0.2) is 22.6 Å². The minimum absolute atomic E-state index is 0.476. The summed E-state index contributed by atoms with van der Waals surface area (Å²) < 4.78 is 10.8. The Hall–Kier alpha value is -2.50. The zero-order valence-corrected chi connectivity index (χ0v) is 15.1. The van der Waals surface area contributed by atoms with Crippen molar-refractivity contribution in [1.82, 2.24) is 4.98 Å². The van der Waals surface area contributed by atoms with E-state index in [2.05, 4.69) is 15.6 Å². The molecule has 2 N–H and O–H groups in total. The van der Waals surface area contributed by atoms with E-state index in [4.69, 9.17) is 9.15 Å². The average molecular weight is 331 g/mol. The van der Waals surface area contributed by atoms with Gasteiger partial charge in [0, 0.05) is 11.4 Å². The van der Waals surface area contributed by atoms with E-state index in [0.29, 0.717) is 18.1 Å². The van der Waals surface area contributed by atoms with E-state index in [0.717, 1.165) is 22.7 Å². The number of rotatable bonds is 4. The Morgan fingerprint density at radius 3 is 2.54 bits per heavy atom. The van der Waals surface area contributed by atoms with Gasteiger partial charge in [0.25, 0.3) is 0 Å². The van der Waals surface area contributed by atoms with Crippen molar-refractivity contribution in [3.05, 3.63) is 41.1 Å². The van der Waals surface area contributed by atoms with E-state index < -0.39 is 11.7 Å². The first-order chi connectivity index (χ1) is 11.1. The van der Waals surface area contributed by atoms with Crippen LogP contribution in [0.5, 0.6) is 0 Å². The number of amides is 1. The predicted octanol–water partition coefficient (Wildman–Crippen LogP) is 4.56. The number of anilines is 2. The van der Waals surface area contributed by atoms with Gasteiger partial charge in [-0.25, -0.2) is 9.78 Å². The number of nitrogens with zero attached hydrogens (tertiary/aromatic N) is 1. The third-order valence-electron chi connectivity index (χ3n) is 3.39. The number of carbonyl (C=O) groups is 1. The molecule has 6 heteroatoms. The first-order valence-corrected chi connectivity index (χ1v) is 7.91. The number of aryl methyl sites for hydroxylation is 3. The van der Waals surface area contributed by atoms with Crippen molar-refractivity contribution in [3.8, 4) is 0 Å². The predicted molar refractivity (Wildman–Crippen MR) is 94.3 cm³/mol. The van der Waals surface area contributed by atoms with Gasteiger partial charge in [0.15, 0.2) is 0 Å². The maximum atomic E-state index is 11.9. The summed E-state index contributed by atoms with van der Waals surface area (Å²) in [5.41, 5.74) is 2.99. The number of oxazole rings is 1. The average Bonchev–Trinajstić information content (AvgIpc) is 2.76. The van der Waals surface area contributed by atoms with Gasteiger partial charge in [0.1, 0.15) is 11.4 Å². The van der Waals surface area contributed by atoms with Crippen LogP contribution >= 0.6 is 0 Å². The van der Waals surface area contributed by atoms with Crippen molar-refractivity contribution in [3.63, 3.8) is 0 Å². The number of aromatic nitrogens is 1. The summed E-state index contributed by atoms with van der Waals surface area (Å²) in [5.74, 6) is 1.46. The fourth-order valence-corrected chi connectivity index (χ4v) is 2.10. The largest absolute Gasteiger partial charge is 0.444 e. The quantitative estimate of drug-likeness (QED) is 0.859. The van der Waals surface area contributed by atoms with Crippen LogP contribution in [0, 0.1) is 20.8 Å². The Balaban J connectivity index is 2.04. The monoisotopic (exact) mass is 331 g/mol. The number of ether oxygens (including phenoxy) is 1. The van der Waals surface area contributed by atoms with E-state index in [1.165, 1.54) is 0 Å². The highest BCUT2D eigenvalue weighted by molar-refractivity contribution is 5.85. The molecule has 0 bridgehead atoms. The molecule has 2 aromatic rings. The summed E-state index contributed by atoms with van der Waals surface area (Å²) in [4.78, 5) is 16.2. The van der Waals surface area contributed by atoms with Gasteiger partial charge in [0.2, 0.25) is 5.89 Å². The molecule has 1 aromatic carbocycles. The van der Waals surface area contributed by atoms with Crippen LogP contribution < -0.4 is 10.6 Å². The van der Waals surface area contributed by atoms with Crippen molar-refractivity contribution in [2.24, 2.45) is 0 Å². The van der Waals surface area contributed by atoms with Crippen LogP contribution in [0.4, 0.5) is 16.2 Å². The Kier molecular flexibility index (Phi) is 5.17. The second-order valence-corrected chi connectivity index (χ2v) is 6.76. The van der Waals surface area contributed by atoms with E-state index in [1.807, 2.05) is 59.7 Å². The van der Waals surface area contributed by atoms with Crippen LogP contribution in [0.1, 0.15) is 43.7 Å². The zero-order chi connectivity index (χ0) is 17.9. The maximum Gasteiger partial charge on any atom is 0.412 e. The van der Waals surface area contributed by atoms with Gasteiger partial charge in [-0.05, 0) is 59.2 Å². The first-order valence-electron chi connectivity index (χ1n) is 7.91. The fourth-order valence-electron chi connectivity index (χ4n) is 2.10. The molecule has 0 unspecified atom stereocenters. The molecule has 0 aliphatic heterocycles. The second-order valence-electron chi connectivity index (χ2n) is 6.76. The van der Waals surface area contributed by atoms with Crippen molar-refractivity contribution in [1.29, 1.82) is 0 Å². The lowest BCUT2D eigenvalue weighted by molar-refractivity contribution is 0.0636.